The Hall–Kier alpha value is -2.32. The highest BCUT2D eigenvalue weighted by molar-refractivity contribution is 5.79. The summed E-state index contributed by atoms with van der Waals surface area (Å²) in [5, 5.41) is 16.9. The zero-order chi connectivity index (χ0) is 20.6. The molecule has 2 aromatic rings. The number of benzene rings is 1. The van der Waals surface area contributed by atoms with Gasteiger partial charge in [0.05, 0.1) is 24.0 Å². The number of aliphatic hydroxyl groups is 1. The van der Waals surface area contributed by atoms with Crippen LogP contribution in [-0.2, 0) is 13.0 Å². The lowest BCUT2D eigenvalue weighted by atomic mass is 9.87. The van der Waals surface area contributed by atoms with Crippen molar-refractivity contribution in [3.05, 3.63) is 41.1 Å². The Morgan fingerprint density at radius 1 is 1.32 bits per heavy atom. The lowest BCUT2D eigenvalue weighted by Crippen LogP contribution is -2.48. The molecule has 28 heavy (non-hydrogen) atoms. The van der Waals surface area contributed by atoms with Gasteiger partial charge in [-0.25, -0.2) is 13.6 Å². The number of rotatable bonds is 3. The number of carbonyl (C=O) groups is 1. The normalized spacial score (nSPS) is 16.0. The molecule has 2 N–H and O–H groups in total. The standard InChI is InChI=1S/C20H26F2N4O2/c1-20(2,3)17(11-27)23-19(28)26-16-7-8-25(4)10-13(16)18(24-26)12-5-6-14(21)15(22)9-12/h5-6,9,17,27H,7-8,10-11H2,1-4H3,(H,23,28)/t17-/m1/s1. The smallest absolute Gasteiger partial charge is 0.342 e. The Balaban J connectivity index is 2.03. The molecule has 1 amide bonds. The quantitative estimate of drug-likeness (QED) is 0.843. The van der Waals surface area contributed by atoms with Gasteiger partial charge in [-0.3, -0.25) is 0 Å². The maximum Gasteiger partial charge on any atom is 0.342 e. The van der Waals surface area contributed by atoms with Crippen LogP contribution in [0.5, 0.6) is 0 Å². The molecular weight excluding hydrogens is 366 g/mol. The Labute approximate surface area is 163 Å². The van der Waals surface area contributed by atoms with Crippen molar-refractivity contribution in [2.45, 2.75) is 39.8 Å². The molecule has 0 aliphatic carbocycles. The van der Waals surface area contributed by atoms with E-state index in [0.29, 0.717) is 24.2 Å². The molecule has 0 radical (unpaired) electrons. The molecule has 6 nitrogen and oxygen atoms in total. The minimum Gasteiger partial charge on any atom is -0.394 e. The summed E-state index contributed by atoms with van der Waals surface area (Å²) in [5.41, 5.74) is 2.13. The number of nitrogens with zero attached hydrogens (tertiary/aromatic N) is 3. The van der Waals surface area contributed by atoms with Crippen molar-refractivity contribution in [1.82, 2.24) is 20.0 Å². The van der Waals surface area contributed by atoms with Gasteiger partial charge in [-0.15, -0.1) is 0 Å². The molecule has 0 bridgehead atoms. The fourth-order valence-electron chi connectivity index (χ4n) is 3.34. The lowest BCUT2D eigenvalue weighted by Gasteiger charge is -2.30. The summed E-state index contributed by atoms with van der Waals surface area (Å²) in [6, 6.07) is 2.73. The van der Waals surface area contributed by atoms with Gasteiger partial charge < -0.3 is 15.3 Å². The summed E-state index contributed by atoms with van der Waals surface area (Å²) in [4.78, 5) is 15.0. The van der Waals surface area contributed by atoms with E-state index in [9.17, 15) is 18.7 Å². The highest BCUT2D eigenvalue weighted by Gasteiger charge is 2.30. The average Bonchev–Trinajstić information content (AvgIpc) is 2.99. The third-order valence-electron chi connectivity index (χ3n) is 5.16. The molecule has 152 valence electrons. The van der Waals surface area contributed by atoms with E-state index in [1.54, 1.807) is 0 Å². The van der Waals surface area contributed by atoms with Crippen LogP contribution in [0.1, 0.15) is 32.0 Å². The molecule has 0 saturated carbocycles. The van der Waals surface area contributed by atoms with Crippen LogP contribution >= 0.6 is 0 Å². The fourth-order valence-corrected chi connectivity index (χ4v) is 3.34. The van der Waals surface area contributed by atoms with Crippen molar-refractivity contribution in [3.63, 3.8) is 0 Å². The van der Waals surface area contributed by atoms with Gasteiger partial charge in [-0.05, 0) is 30.7 Å². The highest BCUT2D eigenvalue weighted by Crippen LogP contribution is 2.30. The third-order valence-corrected chi connectivity index (χ3v) is 5.16. The second-order valence-electron chi connectivity index (χ2n) is 8.35. The summed E-state index contributed by atoms with van der Waals surface area (Å²) in [5.74, 6) is -1.88. The highest BCUT2D eigenvalue weighted by atomic mass is 19.2. The molecule has 1 aliphatic rings. The van der Waals surface area contributed by atoms with Crippen LogP contribution < -0.4 is 5.32 Å². The summed E-state index contributed by atoms with van der Waals surface area (Å²) in [6.07, 6.45) is 0.606. The first-order valence-corrected chi connectivity index (χ1v) is 9.28. The molecule has 1 atom stereocenters. The van der Waals surface area contributed by atoms with E-state index in [0.717, 1.165) is 29.9 Å². The molecule has 1 aromatic carbocycles. The van der Waals surface area contributed by atoms with Crippen molar-refractivity contribution in [3.8, 4) is 11.3 Å². The Morgan fingerprint density at radius 2 is 2.04 bits per heavy atom. The summed E-state index contributed by atoms with van der Waals surface area (Å²) < 4.78 is 28.4. The number of hydrogen-bond donors (Lipinski definition) is 2. The summed E-state index contributed by atoms with van der Waals surface area (Å²) >= 11 is 0. The van der Waals surface area contributed by atoms with Crippen LogP contribution in [0.4, 0.5) is 13.6 Å². The van der Waals surface area contributed by atoms with Gasteiger partial charge in [-0.2, -0.15) is 9.78 Å². The minimum absolute atomic E-state index is 0.197. The van der Waals surface area contributed by atoms with Crippen LogP contribution in [-0.4, -0.2) is 52.1 Å². The Kier molecular flexibility index (Phi) is 5.54. The molecule has 1 aromatic heterocycles. The van der Waals surface area contributed by atoms with E-state index in [4.69, 9.17) is 0 Å². The minimum atomic E-state index is -0.956. The third kappa shape index (κ3) is 3.93. The van der Waals surface area contributed by atoms with Crippen molar-refractivity contribution < 1.29 is 18.7 Å². The number of halogens is 2. The van der Waals surface area contributed by atoms with Crippen LogP contribution in [0.25, 0.3) is 11.3 Å². The Bertz CT molecular complexity index is 889. The molecule has 1 aliphatic heterocycles. The van der Waals surface area contributed by atoms with E-state index in [-0.39, 0.29) is 12.0 Å². The van der Waals surface area contributed by atoms with Gasteiger partial charge in [0.1, 0.15) is 0 Å². The number of fused-ring (bicyclic) bond motifs is 1. The van der Waals surface area contributed by atoms with E-state index in [1.165, 1.54) is 10.7 Å². The van der Waals surface area contributed by atoms with Crippen LogP contribution in [0.2, 0.25) is 0 Å². The van der Waals surface area contributed by atoms with Crippen molar-refractivity contribution in [2.75, 3.05) is 20.2 Å². The number of hydrogen-bond acceptors (Lipinski definition) is 4. The topological polar surface area (TPSA) is 70.4 Å². The van der Waals surface area contributed by atoms with Crippen molar-refractivity contribution in [1.29, 1.82) is 0 Å². The second kappa shape index (κ2) is 7.60. The van der Waals surface area contributed by atoms with Crippen LogP contribution in [0, 0.1) is 17.0 Å². The molecule has 0 fully saturated rings. The van der Waals surface area contributed by atoms with Crippen molar-refractivity contribution in [2.24, 2.45) is 5.41 Å². The number of likely N-dealkylation sites (N-methyl/N-ethyl adjacent to an activating group) is 1. The van der Waals surface area contributed by atoms with E-state index >= 15 is 0 Å². The van der Waals surface area contributed by atoms with Gasteiger partial charge in [0.25, 0.3) is 0 Å². The van der Waals surface area contributed by atoms with E-state index < -0.39 is 23.7 Å². The predicted molar refractivity (Wildman–Crippen MR) is 102 cm³/mol. The predicted octanol–water partition coefficient (Wildman–Crippen LogP) is 2.78. The van der Waals surface area contributed by atoms with Gasteiger partial charge >= 0.3 is 6.03 Å². The zero-order valence-electron chi connectivity index (χ0n) is 16.6. The lowest BCUT2D eigenvalue weighted by molar-refractivity contribution is 0.157. The number of aliphatic hydroxyl groups excluding tert-OH is 1. The summed E-state index contributed by atoms with van der Waals surface area (Å²) in [6.45, 7) is 6.89. The van der Waals surface area contributed by atoms with Crippen molar-refractivity contribution >= 4 is 6.03 Å². The fraction of sp³-hybridized carbons (Fsp3) is 0.500. The second-order valence-corrected chi connectivity index (χ2v) is 8.35. The first-order chi connectivity index (χ1) is 13.1. The maximum absolute atomic E-state index is 13.8. The van der Waals surface area contributed by atoms with E-state index in [2.05, 4.69) is 15.3 Å². The first kappa shape index (κ1) is 20.4. The van der Waals surface area contributed by atoms with Gasteiger partial charge in [0.2, 0.25) is 0 Å². The number of aromatic nitrogens is 2. The molecule has 0 spiro atoms. The average molecular weight is 392 g/mol. The van der Waals surface area contributed by atoms with Gasteiger partial charge in [-0.1, -0.05) is 20.8 Å². The monoisotopic (exact) mass is 392 g/mol. The molecule has 8 heteroatoms. The maximum atomic E-state index is 13.8. The van der Waals surface area contributed by atoms with Crippen LogP contribution in [0.3, 0.4) is 0 Å². The zero-order valence-corrected chi connectivity index (χ0v) is 16.6. The SMILES string of the molecule is CN1CCc2c(c(-c3ccc(F)c(F)c3)nn2C(=O)N[C@H](CO)C(C)(C)C)C1. The first-order valence-electron chi connectivity index (χ1n) is 9.28. The molecule has 3 rings (SSSR count). The van der Waals surface area contributed by atoms with E-state index in [1.807, 2.05) is 27.8 Å². The van der Waals surface area contributed by atoms with Gasteiger partial charge in [0, 0.05) is 30.6 Å². The summed E-state index contributed by atoms with van der Waals surface area (Å²) in [7, 11) is 1.96. The molecule has 0 saturated heterocycles. The molecule has 2 heterocycles. The Morgan fingerprint density at radius 3 is 2.64 bits per heavy atom. The number of carbonyl (C=O) groups excluding carboxylic acids is 1. The number of amides is 1. The molecular formula is C20H26F2N4O2. The molecule has 0 unspecified atom stereocenters. The largest absolute Gasteiger partial charge is 0.394 e. The number of nitrogens with one attached hydrogen (secondary N) is 1. The van der Waals surface area contributed by atoms with Gasteiger partial charge in [0.15, 0.2) is 11.6 Å². The van der Waals surface area contributed by atoms with Crippen LogP contribution in [0.15, 0.2) is 18.2 Å².